The zero-order valence-electron chi connectivity index (χ0n) is 14.5. The zero-order chi connectivity index (χ0) is 17.9. The van der Waals surface area contributed by atoms with Crippen molar-refractivity contribution in [1.29, 1.82) is 0 Å². The SMILES string of the molecule is COc1cccc(CN2CCN(c3ncnc4cnccc34)CC2=O)c1. The molecule has 3 heterocycles. The van der Waals surface area contributed by atoms with E-state index in [1.165, 1.54) is 6.33 Å². The van der Waals surface area contributed by atoms with E-state index in [0.29, 0.717) is 19.6 Å². The standard InChI is InChI=1S/C19H19N5O2/c1-26-15-4-2-3-14(9-15)11-23-7-8-24(12-18(23)25)19-16-5-6-20-10-17(16)21-13-22-19/h2-6,9-10,13H,7-8,11-12H2,1H3. The summed E-state index contributed by atoms with van der Waals surface area (Å²) in [5.41, 5.74) is 1.84. The molecule has 1 aliphatic heterocycles. The summed E-state index contributed by atoms with van der Waals surface area (Å²) in [6, 6.07) is 9.70. The van der Waals surface area contributed by atoms with Crippen LogP contribution < -0.4 is 9.64 Å². The number of carbonyl (C=O) groups excluding carboxylic acids is 1. The number of ether oxygens (including phenoxy) is 1. The van der Waals surface area contributed by atoms with Crippen LogP contribution in [0.2, 0.25) is 0 Å². The Bertz CT molecular complexity index is 941. The smallest absolute Gasteiger partial charge is 0.242 e. The van der Waals surface area contributed by atoms with Gasteiger partial charge in [-0.05, 0) is 23.8 Å². The first-order valence-electron chi connectivity index (χ1n) is 8.45. The Morgan fingerprint density at radius 1 is 1.19 bits per heavy atom. The number of anilines is 1. The van der Waals surface area contributed by atoms with E-state index in [1.807, 2.05) is 40.1 Å². The fourth-order valence-corrected chi connectivity index (χ4v) is 3.19. The van der Waals surface area contributed by atoms with Crippen LogP contribution in [0, 0.1) is 0 Å². The van der Waals surface area contributed by atoms with Gasteiger partial charge in [0, 0.05) is 31.2 Å². The van der Waals surface area contributed by atoms with Crippen LogP contribution in [0.1, 0.15) is 5.56 Å². The molecule has 7 heteroatoms. The molecule has 1 aliphatic rings. The fourth-order valence-electron chi connectivity index (χ4n) is 3.19. The number of piperazine rings is 1. The van der Waals surface area contributed by atoms with Crippen LogP contribution in [0.4, 0.5) is 5.82 Å². The summed E-state index contributed by atoms with van der Waals surface area (Å²) in [5, 5.41) is 0.913. The third-order valence-corrected chi connectivity index (χ3v) is 4.54. The lowest BCUT2D eigenvalue weighted by Crippen LogP contribution is -2.50. The summed E-state index contributed by atoms with van der Waals surface area (Å²) >= 11 is 0. The zero-order valence-corrected chi connectivity index (χ0v) is 14.5. The quantitative estimate of drug-likeness (QED) is 0.716. The molecule has 1 amide bonds. The van der Waals surface area contributed by atoms with Gasteiger partial charge in [-0.1, -0.05) is 12.1 Å². The molecule has 26 heavy (non-hydrogen) atoms. The van der Waals surface area contributed by atoms with Crippen molar-refractivity contribution in [1.82, 2.24) is 19.9 Å². The average Bonchev–Trinajstić information content (AvgIpc) is 2.69. The highest BCUT2D eigenvalue weighted by Crippen LogP contribution is 2.24. The van der Waals surface area contributed by atoms with Gasteiger partial charge >= 0.3 is 0 Å². The first kappa shape index (κ1) is 16.3. The second kappa shape index (κ2) is 6.95. The van der Waals surface area contributed by atoms with Gasteiger partial charge in [0.2, 0.25) is 5.91 Å². The Morgan fingerprint density at radius 2 is 2.12 bits per heavy atom. The molecule has 0 saturated carbocycles. The van der Waals surface area contributed by atoms with Crippen molar-refractivity contribution in [2.75, 3.05) is 31.6 Å². The van der Waals surface area contributed by atoms with E-state index in [-0.39, 0.29) is 5.91 Å². The lowest BCUT2D eigenvalue weighted by molar-refractivity contribution is -0.131. The summed E-state index contributed by atoms with van der Waals surface area (Å²) in [6.07, 6.45) is 4.95. The Labute approximate surface area is 151 Å². The molecule has 7 nitrogen and oxygen atoms in total. The topological polar surface area (TPSA) is 71.5 Å². The van der Waals surface area contributed by atoms with Crippen molar-refractivity contribution in [3.63, 3.8) is 0 Å². The molecule has 132 valence electrons. The van der Waals surface area contributed by atoms with E-state index >= 15 is 0 Å². The number of hydrogen-bond donors (Lipinski definition) is 0. The number of rotatable bonds is 4. The van der Waals surface area contributed by atoms with Crippen LogP contribution in [0.3, 0.4) is 0 Å². The normalized spacial score (nSPS) is 14.7. The number of methoxy groups -OCH3 is 1. The van der Waals surface area contributed by atoms with E-state index < -0.39 is 0 Å². The molecule has 1 fully saturated rings. The van der Waals surface area contributed by atoms with Crippen LogP contribution >= 0.6 is 0 Å². The molecule has 4 rings (SSSR count). The molecular weight excluding hydrogens is 330 g/mol. The van der Waals surface area contributed by atoms with E-state index in [4.69, 9.17) is 4.74 Å². The van der Waals surface area contributed by atoms with Crippen molar-refractivity contribution in [2.45, 2.75) is 6.54 Å². The third-order valence-electron chi connectivity index (χ3n) is 4.54. The highest BCUT2D eigenvalue weighted by molar-refractivity contribution is 5.91. The number of fused-ring (bicyclic) bond motifs is 1. The first-order chi connectivity index (χ1) is 12.7. The van der Waals surface area contributed by atoms with Crippen LogP contribution in [0.25, 0.3) is 10.9 Å². The predicted octanol–water partition coefficient (Wildman–Crippen LogP) is 1.88. The molecule has 1 saturated heterocycles. The fraction of sp³-hybridized carbons (Fsp3) is 0.263. The molecule has 0 bridgehead atoms. The first-order valence-corrected chi connectivity index (χ1v) is 8.45. The van der Waals surface area contributed by atoms with Gasteiger partial charge in [0.15, 0.2) is 0 Å². The van der Waals surface area contributed by atoms with E-state index in [1.54, 1.807) is 19.5 Å². The van der Waals surface area contributed by atoms with Crippen molar-refractivity contribution < 1.29 is 9.53 Å². The second-order valence-electron chi connectivity index (χ2n) is 6.18. The number of carbonyl (C=O) groups is 1. The van der Waals surface area contributed by atoms with Crippen molar-refractivity contribution in [3.8, 4) is 5.75 Å². The monoisotopic (exact) mass is 349 g/mol. The van der Waals surface area contributed by atoms with Crippen LogP contribution in [0.5, 0.6) is 5.75 Å². The molecule has 0 atom stereocenters. The maximum absolute atomic E-state index is 12.7. The van der Waals surface area contributed by atoms with Gasteiger partial charge in [-0.25, -0.2) is 9.97 Å². The Kier molecular flexibility index (Phi) is 4.35. The van der Waals surface area contributed by atoms with Gasteiger partial charge in [0.05, 0.1) is 25.4 Å². The third kappa shape index (κ3) is 3.15. The number of nitrogens with zero attached hydrogens (tertiary/aromatic N) is 5. The van der Waals surface area contributed by atoms with Gasteiger partial charge in [-0.15, -0.1) is 0 Å². The van der Waals surface area contributed by atoms with Crippen LogP contribution in [-0.4, -0.2) is 52.5 Å². The molecule has 0 unspecified atom stereocenters. The maximum Gasteiger partial charge on any atom is 0.242 e. The van der Waals surface area contributed by atoms with Gasteiger partial charge in [0.25, 0.3) is 0 Å². The van der Waals surface area contributed by atoms with E-state index in [9.17, 15) is 4.79 Å². The number of pyridine rings is 1. The number of benzene rings is 1. The Hall–Kier alpha value is -3.22. The lowest BCUT2D eigenvalue weighted by atomic mass is 10.1. The van der Waals surface area contributed by atoms with Crippen molar-refractivity contribution in [2.24, 2.45) is 0 Å². The molecule has 0 radical (unpaired) electrons. The average molecular weight is 349 g/mol. The number of amides is 1. The minimum Gasteiger partial charge on any atom is -0.497 e. The Balaban J connectivity index is 1.50. The van der Waals surface area contributed by atoms with Crippen LogP contribution in [0.15, 0.2) is 49.1 Å². The highest BCUT2D eigenvalue weighted by Gasteiger charge is 2.26. The second-order valence-corrected chi connectivity index (χ2v) is 6.18. The molecular formula is C19H19N5O2. The van der Waals surface area contributed by atoms with Crippen LogP contribution in [-0.2, 0) is 11.3 Å². The molecule has 1 aromatic carbocycles. The molecule has 0 aliphatic carbocycles. The largest absolute Gasteiger partial charge is 0.497 e. The van der Waals surface area contributed by atoms with E-state index in [2.05, 4.69) is 15.0 Å². The van der Waals surface area contributed by atoms with Gasteiger partial charge in [0.1, 0.15) is 17.9 Å². The minimum atomic E-state index is 0.0832. The molecule has 0 N–H and O–H groups in total. The molecule has 0 spiro atoms. The number of aromatic nitrogens is 3. The number of hydrogen-bond acceptors (Lipinski definition) is 6. The Morgan fingerprint density at radius 3 is 2.96 bits per heavy atom. The summed E-state index contributed by atoms with van der Waals surface area (Å²) in [6.45, 7) is 2.26. The van der Waals surface area contributed by atoms with Crippen molar-refractivity contribution >= 4 is 22.6 Å². The summed E-state index contributed by atoms with van der Waals surface area (Å²) < 4.78 is 5.26. The molecule has 3 aromatic rings. The molecule has 2 aromatic heterocycles. The van der Waals surface area contributed by atoms with E-state index in [0.717, 1.165) is 34.6 Å². The van der Waals surface area contributed by atoms with Gasteiger partial charge in [-0.3, -0.25) is 9.78 Å². The maximum atomic E-state index is 12.7. The summed E-state index contributed by atoms with van der Waals surface area (Å²) in [7, 11) is 1.64. The predicted molar refractivity (Wildman–Crippen MR) is 98.0 cm³/mol. The van der Waals surface area contributed by atoms with Gasteiger partial charge in [-0.2, -0.15) is 0 Å². The summed E-state index contributed by atoms with van der Waals surface area (Å²) in [4.78, 5) is 29.3. The van der Waals surface area contributed by atoms with Gasteiger partial charge < -0.3 is 14.5 Å². The van der Waals surface area contributed by atoms with Crippen molar-refractivity contribution in [3.05, 3.63) is 54.6 Å². The highest BCUT2D eigenvalue weighted by atomic mass is 16.5. The minimum absolute atomic E-state index is 0.0832. The lowest BCUT2D eigenvalue weighted by Gasteiger charge is -2.35. The summed E-state index contributed by atoms with van der Waals surface area (Å²) in [5.74, 6) is 1.67.